The van der Waals surface area contributed by atoms with E-state index in [1.165, 1.54) is 4.90 Å². The monoisotopic (exact) mass is 358 g/mol. The van der Waals surface area contributed by atoms with Gasteiger partial charge in [0.1, 0.15) is 0 Å². The van der Waals surface area contributed by atoms with E-state index in [9.17, 15) is 14.4 Å². The third-order valence-corrected chi connectivity index (χ3v) is 4.87. The average molecular weight is 358 g/mol. The number of carbonyl (C=O) groups excluding carboxylic acids is 3. The molecular weight excluding hydrogens is 340 g/mol. The molecule has 130 valence electrons. The lowest BCUT2D eigenvalue weighted by molar-refractivity contribution is -0.120. The van der Waals surface area contributed by atoms with Gasteiger partial charge in [-0.2, -0.15) is 0 Å². The number of thiazole rings is 1. The largest absolute Gasteiger partial charge is 0.346 e. The van der Waals surface area contributed by atoms with Crippen molar-refractivity contribution in [3.63, 3.8) is 0 Å². The summed E-state index contributed by atoms with van der Waals surface area (Å²) in [6.45, 7) is 2.61. The summed E-state index contributed by atoms with van der Waals surface area (Å²) in [7, 11) is 0. The Bertz CT molecular complexity index is 818. The third kappa shape index (κ3) is 3.85. The number of para-hydroxylation sites is 1. The van der Waals surface area contributed by atoms with Crippen LogP contribution in [0.15, 0.2) is 29.6 Å². The van der Waals surface area contributed by atoms with E-state index in [4.69, 9.17) is 0 Å². The van der Waals surface area contributed by atoms with Crippen LogP contribution in [0.4, 0.5) is 10.5 Å². The number of urea groups is 1. The van der Waals surface area contributed by atoms with Crippen LogP contribution >= 0.6 is 11.3 Å². The second-order valence-corrected chi connectivity index (χ2v) is 6.48. The maximum atomic E-state index is 12.6. The summed E-state index contributed by atoms with van der Waals surface area (Å²) in [6.07, 6.45) is 1.07. The van der Waals surface area contributed by atoms with E-state index in [2.05, 4.69) is 15.6 Å². The van der Waals surface area contributed by atoms with Gasteiger partial charge < -0.3 is 5.32 Å². The lowest BCUT2D eigenvalue weighted by Crippen LogP contribution is -2.50. The van der Waals surface area contributed by atoms with Crippen molar-refractivity contribution in [2.45, 2.75) is 26.3 Å². The average Bonchev–Trinajstić information content (AvgIpc) is 3.08. The molecule has 0 aliphatic carbocycles. The van der Waals surface area contributed by atoms with Gasteiger partial charge in [-0.1, -0.05) is 19.1 Å². The summed E-state index contributed by atoms with van der Waals surface area (Å²) in [5.74, 6) is -0.593. The van der Waals surface area contributed by atoms with Crippen LogP contribution in [-0.4, -0.2) is 29.4 Å². The van der Waals surface area contributed by atoms with Crippen LogP contribution in [0.5, 0.6) is 0 Å². The number of amides is 4. The van der Waals surface area contributed by atoms with Gasteiger partial charge >= 0.3 is 6.03 Å². The lowest BCUT2D eigenvalue weighted by Gasteiger charge is -2.28. The molecule has 1 fully saturated rings. The lowest BCUT2D eigenvalue weighted by atomic mass is 10.1. The Labute approximate surface area is 149 Å². The molecule has 0 atom stereocenters. The smallest absolute Gasteiger partial charge is 0.328 e. The fourth-order valence-electron chi connectivity index (χ4n) is 2.55. The maximum absolute atomic E-state index is 12.6. The molecule has 8 heteroatoms. The number of rotatable bonds is 5. The SMILES string of the molecule is CCc1nc(CNC(=O)c2ccccc2N2CCC(=O)NC2=O)cs1. The number of hydrogen-bond acceptors (Lipinski definition) is 5. The molecule has 1 aromatic carbocycles. The summed E-state index contributed by atoms with van der Waals surface area (Å²) < 4.78 is 0. The normalized spacial score (nSPS) is 14.4. The van der Waals surface area contributed by atoms with Gasteiger partial charge in [0, 0.05) is 18.3 Å². The molecule has 7 nitrogen and oxygen atoms in total. The van der Waals surface area contributed by atoms with Crippen molar-refractivity contribution in [3.05, 3.63) is 45.9 Å². The number of nitrogens with one attached hydrogen (secondary N) is 2. The Hall–Kier alpha value is -2.74. The van der Waals surface area contributed by atoms with Crippen molar-refractivity contribution in [3.8, 4) is 0 Å². The van der Waals surface area contributed by atoms with Gasteiger partial charge in [0.2, 0.25) is 5.91 Å². The van der Waals surface area contributed by atoms with Gasteiger partial charge in [0.15, 0.2) is 0 Å². The second kappa shape index (κ2) is 7.43. The van der Waals surface area contributed by atoms with Crippen molar-refractivity contribution < 1.29 is 14.4 Å². The zero-order chi connectivity index (χ0) is 17.8. The van der Waals surface area contributed by atoms with Crippen molar-refractivity contribution >= 4 is 34.9 Å². The van der Waals surface area contributed by atoms with Crippen LogP contribution in [0.1, 0.15) is 34.4 Å². The predicted octanol–water partition coefficient (Wildman–Crippen LogP) is 2.08. The Morgan fingerprint density at radius 1 is 1.36 bits per heavy atom. The van der Waals surface area contributed by atoms with Gasteiger partial charge in [-0.15, -0.1) is 11.3 Å². The molecule has 1 aliphatic heterocycles. The number of nitrogens with zero attached hydrogens (tertiary/aromatic N) is 2. The van der Waals surface area contributed by atoms with Crippen molar-refractivity contribution in [1.29, 1.82) is 0 Å². The molecule has 0 saturated carbocycles. The fourth-order valence-corrected chi connectivity index (χ4v) is 3.30. The molecule has 0 spiro atoms. The summed E-state index contributed by atoms with van der Waals surface area (Å²) in [5, 5.41) is 8.06. The van der Waals surface area contributed by atoms with Crippen molar-refractivity contribution in [2.24, 2.45) is 0 Å². The number of anilines is 1. The molecule has 1 saturated heterocycles. The zero-order valence-corrected chi connectivity index (χ0v) is 14.6. The molecule has 1 aliphatic rings. The number of benzene rings is 1. The number of aryl methyl sites for hydroxylation is 1. The zero-order valence-electron chi connectivity index (χ0n) is 13.7. The van der Waals surface area contributed by atoms with E-state index in [0.717, 1.165) is 17.1 Å². The van der Waals surface area contributed by atoms with Crippen molar-refractivity contribution in [2.75, 3.05) is 11.4 Å². The first-order valence-electron chi connectivity index (χ1n) is 8.00. The molecule has 2 aromatic rings. The quantitative estimate of drug-likeness (QED) is 0.856. The van der Waals surface area contributed by atoms with Crippen LogP contribution in [-0.2, 0) is 17.8 Å². The van der Waals surface area contributed by atoms with E-state index in [0.29, 0.717) is 17.8 Å². The van der Waals surface area contributed by atoms with Crippen LogP contribution in [0.2, 0.25) is 0 Å². The Morgan fingerprint density at radius 2 is 2.16 bits per heavy atom. The van der Waals surface area contributed by atoms with Crippen LogP contribution < -0.4 is 15.5 Å². The Kier molecular flexibility index (Phi) is 5.08. The first-order chi connectivity index (χ1) is 12.1. The summed E-state index contributed by atoms with van der Waals surface area (Å²) in [6, 6.07) is 6.34. The van der Waals surface area contributed by atoms with E-state index in [1.807, 2.05) is 12.3 Å². The van der Waals surface area contributed by atoms with Crippen LogP contribution in [0.3, 0.4) is 0 Å². The van der Waals surface area contributed by atoms with Crippen LogP contribution in [0.25, 0.3) is 0 Å². The first-order valence-corrected chi connectivity index (χ1v) is 8.88. The van der Waals surface area contributed by atoms with E-state index < -0.39 is 6.03 Å². The molecule has 2 heterocycles. The molecule has 0 unspecified atom stereocenters. The topological polar surface area (TPSA) is 91.4 Å². The molecule has 25 heavy (non-hydrogen) atoms. The molecule has 0 radical (unpaired) electrons. The van der Waals surface area contributed by atoms with Crippen LogP contribution in [0, 0.1) is 0 Å². The summed E-state index contributed by atoms with van der Waals surface area (Å²) >= 11 is 1.57. The number of carbonyl (C=O) groups is 3. The minimum atomic E-state index is -0.511. The standard InChI is InChI=1S/C17H18N4O3S/c1-2-15-19-11(10-25-15)9-18-16(23)12-5-3-4-6-13(12)21-8-7-14(22)20-17(21)24/h3-6,10H,2,7-9H2,1H3,(H,18,23)(H,20,22,24). The minimum Gasteiger partial charge on any atom is -0.346 e. The van der Waals surface area contributed by atoms with Gasteiger partial charge in [-0.3, -0.25) is 19.8 Å². The molecular formula is C17H18N4O3S. The Balaban J connectivity index is 1.74. The van der Waals surface area contributed by atoms with Gasteiger partial charge in [0.05, 0.1) is 28.5 Å². The highest BCUT2D eigenvalue weighted by Crippen LogP contribution is 2.22. The predicted molar refractivity (Wildman–Crippen MR) is 94.6 cm³/mol. The van der Waals surface area contributed by atoms with Crippen molar-refractivity contribution in [1.82, 2.24) is 15.6 Å². The fraction of sp³-hybridized carbons (Fsp3) is 0.294. The molecule has 1 aromatic heterocycles. The third-order valence-electron chi connectivity index (χ3n) is 3.83. The first kappa shape index (κ1) is 17.1. The van der Waals surface area contributed by atoms with Gasteiger partial charge in [-0.25, -0.2) is 9.78 Å². The highest BCUT2D eigenvalue weighted by molar-refractivity contribution is 7.09. The molecule has 3 rings (SSSR count). The molecule has 0 bridgehead atoms. The second-order valence-electron chi connectivity index (χ2n) is 5.54. The Morgan fingerprint density at radius 3 is 2.88 bits per heavy atom. The highest BCUT2D eigenvalue weighted by atomic mass is 32.1. The number of aromatic nitrogens is 1. The van der Waals surface area contributed by atoms with Gasteiger partial charge in [-0.05, 0) is 18.6 Å². The summed E-state index contributed by atoms with van der Waals surface area (Å²) in [4.78, 5) is 41.8. The number of imide groups is 1. The molecule has 2 N–H and O–H groups in total. The maximum Gasteiger partial charge on any atom is 0.328 e. The minimum absolute atomic E-state index is 0.209. The highest BCUT2D eigenvalue weighted by Gasteiger charge is 2.27. The van der Waals surface area contributed by atoms with Gasteiger partial charge in [0.25, 0.3) is 5.91 Å². The number of hydrogen-bond donors (Lipinski definition) is 2. The van der Waals surface area contributed by atoms with E-state index in [1.54, 1.807) is 35.6 Å². The van der Waals surface area contributed by atoms with E-state index in [-0.39, 0.29) is 24.8 Å². The summed E-state index contributed by atoms with van der Waals surface area (Å²) in [5.41, 5.74) is 1.68. The molecule has 4 amide bonds. The van der Waals surface area contributed by atoms with E-state index >= 15 is 0 Å².